The van der Waals surface area contributed by atoms with Gasteiger partial charge in [-0.05, 0) is 42.7 Å². The number of rotatable bonds is 8. The van der Waals surface area contributed by atoms with Gasteiger partial charge in [-0.15, -0.1) is 0 Å². The molecule has 0 aliphatic heterocycles. The van der Waals surface area contributed by atoms with E-state index < -0.39 is 23.8 Å². The van der Waals surface area contributed by atoms with Crippen LogP contribution in [0.3, 0.4) is 0 Å². The van der Waals surface area contributed by atoms with Crippen LogP contribution in [0.4, 0.5) is 4.39 Å². The quantitative estimate of drug-likeness (QED) is 0.477. The Kier molecular flexibility index (Phi) is 6.59. The van der Waals surface area contributed by atoms with Crippen LogP contribution in [0, 0.1) is 5.82 Å². The van der Waals surface area contributed by atoms with Crippen molar-refractivity contribution in [3.63, 3.8) is 0 Å². The molecule has 2 aromatic carbocycles. The molecule has 0 heterocycles. The summed E-state index contributed by atoms with van der Waals surface area (Å²) in [6.45, 7) is -0.416. The SMILES string of the molecule is COc1cc(C(=O)COC(=O)C2(c3ccc(F)cc3)CCCC2)cc(OC)c1OC. The lowest BCUT2D eigenvalue weighted by molar-refractivity contribution is -0.149. The van der Waals surface area contributed by atoms with E-state index in [9.17, 15) is 14.0 Å². The van der Waals surface area contributed by atoms with Crippen molar-refractivity contribution in [3.8, 4) is 17.2 Å². The number of halogens is 1. The molecule has 0 N–H and O–H groups in total. The lowest BCUT2D eigenvalue weighted by Gasteiger charge is -2.27. The van der Waals surface area contributed by atoms with E-state index in [-0.39, 0.29) is 11.4 Å². The summed E-state index contributed by atoms with van der Waals surface area (Å²) in [6.07, 6.45) is 2.95. The first-order valence-electron chi connectivity index (χ1n) is 9.71. The average Bonchev–Trinajstić information content (AvgIpc) is 3.27. The number of carbonyl (C=O) groups excluding carboxylic acids is 2. The zero-order chi connectivity index (χ0) is 21.7. The Balaban J connectivity index is 1.78. The van der Waals surface area contributed by atoms with Crippen molar-refractivity contribution in [3.05, 3.63) is 53.3 Å². The number of hydrogen-bond donors (Lipinski definition) is 0. The van der Waals surface area contributed by atoms with Gasteiger partial charge in [0.2, 0.25) is 11.5 Å². The molecule has 0 aromatic heterocycles. The van der Waals surface area contributed by atoms with Gasteiger partial charge in [-0.25, -0.2) is 4.39 Å². The molecule has 0 radical (unpaired) electrons. The van der Waals surface area contributed by atoms with Crippen molar-refractivity contribution in [1.82, 2.24) is 0 Å². The van der Waals surface area contributed by atoms with Gasteiger partial charge in [0.1, 0.15) is 5.82 Å². The molecule has 160 valence electrons. The molecule has 0 bridgehead atoms. The van der Waals surface area contributed by atoms with Gasteiger partial charge in [-0.3, -0.25) is 9.59 Å². The molecule has 3 rings (SSSR count). The highest BCUT2D eigenvalue weighted by Crippen LogP contribution is 2.42. The molecule has 1 aliphatic carbocycles. The van der Waals surface area contributed by atoms with Gasteiger partial charge in [0.15, 0.2) is 18.1 Å². The van der Waals surface area contributed by atoms with Gasteiger partial charge >= 0.3 is 5.97 Å². The average molecular weight is 416 g/mol. The van der Waals surface area contributed by atoms with Gasteiger partial charge in [-0.2, -0.15) is 0 Å². The van der Waals surface area contributed by atoms with E-state index in [4.69, 9.17) is 18.9 Å². The Bertz CT molecular complexity index is 891. The predicted molar refractivity (Wildman–Crippen MR) is 108 cm³/mol. The Morgan fingerprint density at radius 2 is 1.50 bits per heavy atom. The van der Waals surface area contributed by atoms with E-state index in [0.29, 0.717) is 35.7 Å². The molecule has 0 spiro atoms. The Hall–Kier alpha value is -3.09. The van der Waals surface area contributed by atoms with Gasteiger partial charge in [0.05, 0.1) is 26.7 Å². The fourth-order valence-corrected chi connectivity index (χ4v) is 3.95. The number of hydrogen-bond acceptors (Lipinski definition) is 6. The minimum absolute atomic E-state index is 0.277. The lowest BCUT2D eigenvalue weighted by atomic mass is 9.79. The first-order chi connectivity index (χ1) is 14.4. The summed E-state index contributed by atoms with van der Waals surface area (Å²) in [5.74, 6) is -0.176. The van der Waals surface area contributed by atoms with Crippen molar-refractivity contribution >= 4 is 11.8 Å². The van der Waals surface area contributed by atoms with E-state index >= 15 is 0 Å². The van der Waals surface area contributed by atoms with E-state index in [2.05, 4.69) is 0 Å². The maximum absolute atomic E-state index is 13.3. The van der Waals surface area contributed by atoms with Gasteiger partial charge in [0, 0.05) is 5.56 Å². The number of ketones is 1. The molecule has 1 fully saturated rings. The number of esters is 1. The number of carbonyl (C=O) groups is 2. The van der Waals surface area contributed by atoms with E-state index in [1.807, 2.05) is 0 Å². The molecule has 0 atom stereocenters. The third-order valence-corrected chi connectivity index (χ3v) is 5.57. The number of benzene rings is 2. The highest BCUT2D eigenvalue weighted by Gasteiger charge is 2.44. The Morgan fingerprint density at radius 3 is 2.00 bits per heavy atom. The second-order valence-corrected chi connectivity index (χ2v) is 7.21. The monoisotopic (exact) mass is 416 g/mol. The van der Waals surface area contributed by atoms with Crippen molar-refractivity contribution < 1.29 is 32.9 Å². The zero-order valence-electron chi connectivity index (χ0n) is 17.3. The van der Waals surface area contributed by atoms with Crippen molar-refractivity contribution in [2.24, 2.45) is 0 Å². The maximum atomic E-state index is 13.3. The Labute approximate surface area is 174 Å². The van der Waals surface area contributed by atoms with Gasteiger partial charge < -0.3 is 18.9 Å². The molecular weight excluding hydrogens is 391 g/mol. The van der Waals surface area contributed by atoms with Gasteiger partial charge in [-0.1, -0.05) is 25.0 Å². The van der Waals surface area contributed by atoms with Crippen LogP contribution in [0.25, 0.3) is 0 Å². The highest BCUT2D eigenvalue weighted by molar-refractivity contribution is 5.99. The fourth-order valence-electron chi connectivity index (χ4n) is 3.95. The van der Waals surface area contributed by atoms with Gasteiger partial charge in [0.25, 0.3) is 0 Å². The molecule has 1 aliphatic rings. The van der Waals surface area contributed by atoms with Crippen LogP contribution in [0.1, 0.15) is 41.6 Å². The molecule has 0 amide bonds. The largest absolute Gasteiger partial charge is 0.493 e. The summed E-state index contributed by atoms with van der Waals surface area (Å²) in [4.78, 5) is 25.7. The summed E-state index contributed by atoms with van der Waals surface area (Å²) in [7, 11) is 4.39. The van der Waals surface area contributed by atoms with Crippen LogP contribution in [0.5, 0.6) is 17.2 Å². The smallest absolute Gasteiger partial charge is 0.317 e. The Morgan fingerprint density at radius 1 is 0.933 bits per heavy atom. The third-order valence-electron chi connectivity index (χ3n) is 5.57. The highest BCUT2D eigenvalue weighted by atomic mass is 19.1. The second kappa shape index (κ2) is 9.15. The summed E-state index contributed by atoms with van der Waals surface area (Å²) < 4.78 is 34.6. The summed E-state index contributed by atoms with van der Waals surface area (Å²) in [6, 6.07) is 8.94. The van der Waals surface area contributed by atoms with E-state index in [1.165, 1.54) is 45.6 Å². The summed E-state index contributed by atoms with van der Waals surface area (Å²) in [5, 5.41) is 0. The minimum Gasteiger partial charge on any atom is -0.493 e. The third kappa shape index (κ3) is 4.10. The fraction of sp³-hybridized carbons (Fsp3) is 0.391. The second-order valence-electron chi connectivity index (χ2n) is 7.21. The maximum Gasteiger partial charge on any atom is 0.317 e. The van der Waals surface area contributed by atoms with E-state index in [0.717, 1.165) is 12.8 Å². The molecule has 7 heteroatoms. The molecular formula is C23H25FO6. The predicted octanol–water partition coefficient (Wildman–Crippen LogP) is 4.09. The van der Waals surface area contributed by atoms with Crippen LogP contribution >= 0.6 is 0 Å². The molecule has 6 nitrogen and oxygen atoms in total. The molecule has 30 heavy (non-hydrogen) atoms. The lowest BCUT2D eigenvalue weighted by Crippen LogP contribution is -2.35. The topological polar surface area (TPSA) is 71.1 Å². The molecule has 1 saturated carbocycles. The van der Waals surface area contributed by atoms with Crippen molar-refractivity contribution in [2.75, 3.05) is 27.9 Å². The standard InChI is InChI=1S/C23H25FO6/c1-27-19-12-15(13-20(28-2)21(19)29-3)18(25)14-30-22(26)23(10-4-5-11-23)16-6-8-17(24)9-7-16/h6-9,12-13H,4-5,10-11,14H2,1-3H3. The molecule has 0 saturated heterocycles. The van der Waals surface area contributed by atoms with Crippen LogP contribution in [-0.4, -0.2) is 39.7 Å². The summed E-state index contributed by atoms with van der Waals surface area (Å²) in [5.41, 5.74) is 0.148. The van der Waals surface area contributed by atoms with Crippen LogP contribution in [0.15, 0.2) is 36.4 Å². The normalized spacial score (nSPS) is 14.8. The first-order valence-corrected chi connectivity index (χ1v) is 9.71. The van der Waals surface area contributed by atoms with E-state index in [1.54, 1.807) is 12.1 Å². The van der Waals surface area contributed by atoms with Crippen LogP contribution < -0.4 is 14.2 Å². The van der Waals surface area contributed by atoms with Crippen molar-refractivity contribution in [2.45, 2.75) is 31.1 Å². The van der Waals surface area contributed by atoms with Crippen LogP contribution in [0.2, 0.25) is 0 Å². The molecule has 0 unspecified atom stereocenters. The number of Topliss-reactive ketones (excluding diaryl/α,β-unsaturated/α-hetero) is 1. The number of ether oxygens (including phenoxy) is 4. The first kappa shape index (κ1) is 21.6. The summed E-state index contributed by atoms with van der Waals surface area (Å²) >= 11 is 0. The minimum atomic E-state index is -0.844. The number of methoxy groups -OCH3 is 3. The molecule has 2 aromatic rings. The van der Waals surface area contributed by atoms with Crippen LogP contribution in [-0.2, 0) is 14.9 Å². The zero-order valence-corrected chi connectivity index (χ0v) is 17.3. The van der Waals surface area contributed by atoms with Crippen molar-refractivity contribution in [1.29, 1.82) is 0 Å².